The first-order chi connectivity index (χ1) is 20.0. The molecule has 1 aromatic carbocycles. The summed E-state index contributed by atoms with van der Waals surface area (Å²) in [6.07, 6.45) is 8.30. The quantitative estimate of drug-likeness (QED) is 0.338. The van der Waals surface area contributed by atoms with Gasteiger partial charge in [0.2, 0.25) is 17.8 Å². The lowest BCUT2D eigenvalue weighted by Gasteiger charge is -2.34. The molecule has 3 fully saturated rings. The van der Waals surface area contributed by atoms with Crippen LogP contribution in [0.2, 0.25) is 0 Å². The minimum atomic E-state index is -0.702. The van der Waals surface area contributed by atoms with E-state index in [4.69, 9.17) is 4.98 Å². The van der Waals surface area contributed by atoms with Crippen LogP contribution < -0.4 is 16.0 Å². The van der Waals surface area contributed by atoms with Crippen LogP contribution in [0.1, 0.15) is 57.4 Å². The second-order valence-corrected chi connectivity index (χ2v) is 11.6. The maximum absolute atomic E-state index is 14.5. The molecule has 4 N–H and O–H groups in total. The molecule has 1 amide bonds. The van der Waals surface area contributed by atoms with Gasteiger partial charge in [-0.05, 0) is 69.4 Å². The first-order valence-corrected chi connectivity index (χ1v) is 14.8. The van der Waals surface area contributed by atoms with Crippen molar-refractivity contribution in [1.29, 1.82) is 0 Å². The molecule has 1 aliphatic heterocycles. The Morgan fingerprint density at radius 3 is 2.39 bits per heavy atom. The summed E-state index contributed by atoms with van der Waals surface area (Å²) in [5, 5.41) is 19.3. The maximum Gasteiger partial charge on any atom is 0.225 e. The number of carbonyl (C=O) groups is 1. The number of hydrogen-bond donors (Lipinski definition) is 4. The van der Waals surface area contributed by atoms with Gasteiger partial charge in [0.1, 0.15) is 22.8 Å². The summed E-state index contributed by atoms with van der Waals surface area (Å²) in [6.45, 7) is 3.42. The molecule has 2 saturated carbocycles. The third-order valence-electron chi connectivity index (χ3n) is 8.91. The number of benzene rings is 1. The molecule has 3 aromatic rings. The number of hydrogen-bond acceptors (Lipinski definition) is 8. The van der Waals surface area contributed by atoms with Gasteiger partial charge < -0.3 is 26.0 Å². The molecule has 220 valence electrons. The molecule has 6 rings (SSSR count). The van der Waals surface area contributed by atoms with Crippen LogP contribution in [0.15, 0.2) is 24.4 Å². The second-order valence-electron chi connectivity index (χ2n) is 11.6. The number of fused-ring (bicyclic) bond motifs is 1. The average Bonchev–Trinajstić information content (AvgIpc) is 3.37. The van der Waals surface area contributed by atoms with Crippen molar-refractivity contribution in [2.24, 2.45) is 11.8 Å². The van der Waals surface area contributed by atoms with E-state index >= 15 is 0 Å². The summed E-state index contributed by atoms with van der Waals surface area (Å²) in [5.74, 6) is -0.0229. The Bertz CT molecular complexity index is 1340. The van der Waals surface area contributed by atoms with Crippen molar-refractivity contribution in [3.8, 4) is 0 Å². The minimum absolute atomic E-state index is 0.00863. The predicted molar refractivity (Wildman–Crippen MR) is 152 cm³/mol. The zero-order chi connectivity index (χ0) is 28.3. The van der Waals surface area contributed by atoms with Gasteiger partial charge in [-0.15, -0.1) is 0 Å². The number of aliphatic hydroxyl groups excluding tert-OH is 1. The first kappa shape index (κ1) is 27.8. The smallest absolute Gasteiger partial charge is 0.225 e. The van der Waals surface area contributed by atoms with Gasteiger partial charge >= 0.3 is 0 Å². The van der Waals surface area contributed by atoms with E-state index in [2.05, 4.69) is 25.9 Å². The van der Waals surface area contributed by atoms with Crippen LogP contribution in [0.4, 0.5) is 26.4 Å². The number of nitrogens with zero attached hydrogens (tertiary/aromatic N) is 5. The van der Waals surface area contributed by atoms with E-state index in [0.29, 0.717) is 23.1 Å². The van der Waals surface area contributed by atoms with Gasteiger partial charge in [-0.3, -0.25) is 9.36 Å². The first-order valence-electron chi connectivity index (χ1n) is 14.8. The van der Waals surface area contributed by atoms with Crippen LogP contribution in [0.3, 0.4) is 0 Å². The van der Waals surface area contributed by atoms with E-state index in [1.807, 2.05) is 9.47 Å². The molecule has 41 heavy (non-hydrogen) atoms. The molecule has 12 heteroatoms. The molecule has 0 unspecified atom stereocenters. The summed E-state index contributed by atoms with van der Waals surface area (Å²) in [6, 6.07) is 3.90. The molecule has 0 atom stereocenters. The van der Waals surface area contributed by atoms with E-state index in [1.54, 1.807) is 6.20 Å². The van der Waals surface area contributed by atoms with Crippen molar-refractivity contribution < 1.29 is 18.7 Å². The number of rotatable bonds is 7. The number of aliphatic hydroxyl groups is 1. The Balaban J connectivity index is 1.21. The number of anilines is 3. The Kier molecular flexibility index (Phi) is 8.29. The Labute approximate surface area is 237 Å². The molecule has 0 radical (unpaired) electrons. The van der Waals surface area contributed by atoms with Crippen LogP contribution in [0, 0.1) is 23.5 Å². The van der Waals surface area contributed by atoms with Crippen LogP contribution in [-0.4, -0.2) is 74.3 Å². The summed E-state index contributed by atoms with van der Waals surface area (Å²) in [4.78, 5) is 28.9. The summed E-state index contributed by atoms with van der Waals surface area (Å²) >= 11 is 0. The third kappa shape index (κ3) is 5.99. The number of amides is 1. The van der Waals surface area contributed by atoms with Gasteiger partial charge in [0.05, 0.1) is 6.20 Å². The highest BCUT2D eigenvalue weighted by molar-refractivity contribution is 5.79. The highest BCUT2D eigenvalue weighted by Crippen LogP contribution is 2.37. The highest BCUT2D eigenvalue weighted by atomic mass is 19.1. The largest absolute Gasteiger partial charge is 0.396 e. The maximum atomic E-state index is 14.5. The van der Waals surface area contributed by atoms with Crippen molar-refractivity contribution in [3.63, 3.8) is 0 Å². The van der Waals surface area contributed by atoms with Crippen molar-refractivity contribution in [1.82, 2.24) is 29.7 Å². The topological polar surface area (TPSA) is 120 Å². The summed E-state index contributed by atoms with van der Waals surface area (Å²) < 4.78 is 31.0. The molecule has 0 bridgehead atoms. The molecule has 10 nitrogen and oxygen atoms in total. The zero-order valence-corrected chi connectivity index (χ0v) is 23.2. The van der Waals surface area contributed by atoms with Crippen molar-refractivity contribution in [2.75, 3.05) is 43.4 Å². The van der Waals surface area contributed by atoms with Crippen molar-refractivity contribution in [2.45, 2.75) is 63.5 Å². The monoisotopic (exact) mass is 568 g/mol. The van der Waals surface area contributed by atoms with Gasteiger partial charge in [0.15, 0.2) is 5.65 Å². The highest BCUT2D eigenvalue weighted by Gasteiger charge is 2.31. The number of carbonyl (C=O) groups excluding carboxylic acids is 1. The number of halogens is 2. The number of para-hydroxylation sites is 1. The fourth-order valence-electron chi connectivity index (χ4n) is 6.52. The molecule has 2 aromatic heterocycles. The molecular weight excluding hydrogens is 530 g/mol. The standard InChI is InChI=1S/C29H38F2N8O2/c30-22-2-1-3-23(31)25(22)36-29-35-24-16-33-28(37-26(24)39(29)21-10-4-18(17-40)5-11-21)34-20-8-6-19(7-9-20)27(41)38-14-12-32-13-15-38/h1-3,16,18-21,32,40H,4-15,17H2,(H,35,36)(H,33,34,37). The van der Waals surface area contributed by atoms with Gasteiger partial charge in [-0.1, -0.05) is 6.07 Å². The minimum Gasteiger partial charge on any atom is -0.396 e. The van der Waals surface area contributed by atoms with E-state index in [1.165, 1.54) is 18.2 Å². The molecular formula is C29H38F2N8O2. The number of nitrogens with one attached hydrogen (secondary N) is 3. The third-order valence-corrected chi connectivity index (χ3v) is 8.91. The van der Waals surface area contributed by atoms with Crippen molar-refractivity contribution >= 4 is 34.7 Å². The Morgan fingerprint density at radius 2 is 1.71 bits per heavy atom. The SMILES string of the molecule is O=C(C1CCC(Nc2ncc3nc(Nc4c(F)cccc4F)n(C4CCC(CO)CC4)c3n2)CC1)N1CCNCC1. The second kappa shape index (κ2) is 12.2. The van der Waals surface area contributed by atoms with E-state index < -0.39 is 11.6 Å². The molecule has 2 aliphatic carbocycles. The zero-order valence-electron chi connectivity index (χ0n) is 23.2. The molecule has 3 aliphatic rings. The van der Waals surface area contributed by atoms with Gasteiger partial charge in [-0.2, -0.15) is 4.98 Å². The number of piperazine rings is 1. The summed E-state index contributed by atoms with van der Waals surface area (Å²) in [7, 11) is 0. The predicted octanol–water partition coefficient (Wildman–Crippen LogP) is 3.97. The average molecular weight is 569 g/mol. The number of imidazole rings is 1. The van der Waals surface area contributed by atoms with Gasteiger partial charge in [0.25, 0.3) is 0 Å². The Hall–Kier alpha value is -3.38. The van der Waals surface area contributed by atoms with Crippen LogP contribution in [0.25, 0.3) is 11.2 Å². The van der Waals surface area contributed by atoms with Gasteiger partial charge in [-0.25, -0.2) is 18.7 Å². The molecule has 0 spiro atoms. The fourth-order valence-corrected chi connectivity index (χ4v) is 6.52. The fraction of sp³-hybridized carbons (Fsp3) is 0.586. The van der Waals surface area contributed by atoms with Gasteiger partial charge in [0, 0.05) is 50.8 Å². The normalized spacial score (nSPS) is 25.3. The molecule has 1 saturated heterocycles. The lowest BCUT2D eigenvalue weighted by atomic mass is 9.85. The lowest BCUT2D eigenvalue weighted by Crippen LogP contribution is -2.49. The van der Waals surface area contributed by atoms with Crippen LogP contribution in [-0.2, 0) is 4.79 Å². The van der Waals surface area contributed by atoms with Crippen molar-refractivity contribution in [3.05, 3.63) is 36.0 Å². The van der Waals surface area contributed by atoms with E-state index in [9.17, 15) is 18.7 Å². The van der Waals surface area contributed by atoms with Crippen LogP contribution >= 0.6 is 0 Å². The number of aromatic nitrogens is 4. The van der Waals surface area contributed by atoms with Crippen LogP contribution in [0.5, 0.6) is 0 Å². The van der Waals surface area contributed by atoms with E-state index in [0.717, 1.165) is 77.5 Å². The summed E-state index contributed by atoms with van der Waals surface area (Å²) in [5.41, 5.74) is 0.868. The van der Waals surface area contributed by atoms with E-state index in [-0.39, 0.29) is 42.1 Å². The molecule has 3 heterocycles. The Morgan fingerprint density at radius 1 is 1.00 bits per heavy atom. The lowest BCUT2D eigenvalue weighted by molar-refractivity contribution is -0.137.